The van der Waals surface area contributed by atoms with Crippen LogP contribution < -0.4 is 19.5 Å². The molecule has 4 rings (SSSR count). The maximum atomic E-state index is 12.7. The second-order valence-corrected chi connectivity index (χ2v) is 9.09. The maximum absolute atomic E-state index is 12.7. The third-order valence-electron chi connectivity index (χ3n) is 5.47. The van der Waals surface area contributed by atoms with Gasteiger partial charge in [-0.25, -0.2) is 0 Å². The molecule has 0 radical (unpaired) electrons. The molecule has 0 saturated heterocycles. The van der Waals surface area contributed by atoms with Crippen molar-refractivity contribution in [2.75, 3.05) is 25.6 Å². The summed E-state index contributed by atoms with van der Waals surface area (Å²) in [5.41, 5.74) is 2.46. The first kappa shape index (κ1) is 27.1. The lowest BCUT2D eigenvalue weighted by atomic mass is 10.1. The molecule has 1 N–H and O–H groups in total. The van der Waals surface area contributed by atoms with Crippen LogP contribution in [-0.4, -0.2) is 36.4 Å². The zero-order chi connectivity index (χ0) is 27.5. The molecule has 0 fully saturated rings. The van der Waals surface area contributed by atoms with E-state index in [1.165, 1.54) is 24.5 Å². The minimum atomic E-state index is -0.582. The van der Waals surface area contributed by atoms with Crippen molar-refractivity contribution in [1.29, 1.82) is 5.26 Å². The topological polar surface area (TPSA) is 106 Å². The van der Waals surface area contributed by atoms with E-state index in [1.54, 1.807) is 18.2 Å². The fourth-order valence-electron chi connectivity index (χ4n) is 3.62. The van der Waals surface area contributed by atoms with Crippen molar-refractivity contribution in [1.82, 2.24) is 10.2 Å². The smallest absolute Gasteiger partial charge is 0.268 e. The summed E-state index contributed by atoms with van der Waals surface area (Å²) in [5, 5.41) is 21.3. The van der Waals surface area contributed by atoms with E-state index in [-0.39, 0.29) is 5.57 Å². The number of nitrogens with one attached hydrogen (secondary N) is 1. The summed E-state index contributed by atoms with van der Waals surface area (Å²) in [4.78, 5) is 12.7. The molecule has 1 heterocycles. The van der Waals surface area contributed by atoms with Gasteiger partial charge in [-0.05, 0) is 41.8 Å². The van der Waals surface area contributed by atoms with Gasteiger partial charge >= 0.3 is 0 Å². The molecular weight excluding hydrogens is 512 g/mol. The Balaban J connectivity index is 1.37. The largest absolute Gasteiger partial charge is 0.493 e. The number of hydrogen-bond donors (Lipinski definition) is 1. The molecule has 8 nitrogen and oxygen atoms in total. The first-order chi connectivity index (χ1) is 19.1. The number of hydrogen-bond acceptors (Lipinski definition) is 8. The van der Waals surface area contributed by atoms with Crippen LogP contribution in [0.2, 0.25) is 0 Å². The van der Waals surface area contributed by atoms with Gasteiger partial charge in [-0.15, -0.1) is 16.8 Å². The van der Waals surface area contributed by atoms with Crippen molar-refractivity contribution >= 4 is 28.5 Å². The predicted octanol–water partition coefficient (Wildman–Crippen LogP) is 5.95. The number of rotatable bonds is 12. The summed E-state index contributed by atoms with van der Waals surface area (Å²) in [6, 6.07) is 24.4. The predicted molar refractivity (Wildman–Crippen MR) is 152 cm³/mol. The number of carbonyl (C=O) groups is 1. The summed E-state index contributed by atoms with van der Waals surface area (Å²) in [6.45, 7) is 4.42. The van der Waals surface area contributed by atoms with E-state index in [2.05, 4.69) is 22.1 Å². The Labute approximate surface area is 230 Å². The standard InChI is InChI=1S/C30H26N4O4S/c1-3-9-22-10-7-8-13-25(22)37-16-17-38-26-15-14-21(19-27(26)36-2)18-24(20-31)28(35)32-30-34-33-29(39-30)23-11-5-4-6-12-23/h3-8,10-15,18-19H,1,9,16-17H2,2H3,(H,32,34,35)/b24-18+. The highest BCUT2D eigenvalue weighted by Crippen LogP contribution is 2.30. The van der Waals surface area contributed by atoms with Crippen LogP contribution in [0.5, 0.6) is 17.2 Å². The number of amides is 1. The molecule has 0 aliphatic carbocycles. The Bertz CT molecular complexity index is 1510. The van der Waals surface area contributed by atoms with Gasteiger partial charge in [0.2, 0.25) is 5.13 Å². The minimum absolute atomic E-state index is 0.0891. The minimum Gasteiger partial charge on any atom is -0.493 e. The lowest BCUT2D eigenvalue weighted by molar-refractivity contribution is -0.112. The third kappa shape index (κ3) is 7.31. The van der Waals surface area contributed by atoms with Gasteiger partial charge < -0.3 is 14.2 Å². The van der Waals surface area contributed by atoms with E-state index in [1.807, 2.05) is 66.7 Å². The van der Waals surface area contributed by atoms with Gasteiger partial charge in [0.05, 0.1) is 7.11 Å². The number of carbonyl (C=O) groups excluding carboxylic acids is 1. The molecule has 0 saturated carbocycles. The monoisotopic (exact) mass is 538 g/mol. The maximum Gasteiger partial charge on any atom is 0.268 e. The summed E-state index contributed by atoms with van der Waals surface area (Å²) in [6.07, 6.45) is 4.03. The van der Waals surface area contributed by atoms with Crippen molar-refractivity contribution in [2.24, 2.45) is 0 Å². The van der Waals surface area contributed by atoms with Crippen LogP contribution in [0.25, 0.3) is 16.6 Å². The van der Waals surface area contributed by atoms with Gasteiger partial charge in [0, 0.05) is 5.56 Å². The van der Waals surface area contributed by atoms with Gasteiger partial charge in [-0.2, -0.15) is 5.26 Å². The third-order valence-corrected chi connectivity index (χ3v) is 6.35. The normalized spacial score (nSPS) is 10.8. The molecule has 4 aromatic rings. The summed E-state index contributed by atoms with van der Waals surface area (Å²) < 4.78 is 17.2. The quantitative estimate of drug-likeness (QED) is 0.103. The van der Waals surface area contributed by atoms with Crippen LogP contribution in [0.4, 0.5) is 5.13 Å². The van der Waals surface area contributed by atoms with Gasteiger partial charge in [-0.3, -0.25) is 10.1 Å². The van der Waals surface area contributed by atoms with Gasteiger partial charge in [-0.1, -0.05) is 72.0 Å². The lowest BCUT2D eigenvalue weighted by Crippen LogP contribution is -2.13. The molecule has 39 heavy (non-hydrogen) atoms. The highest BCUT2D eigenvalue weighted by atomic mass is 32.1. The SMILES string of the molecule is C=CCc1ccccc1OCCOc1ccc(/C=C(\C#N)C(=O)Nc2nnc(-c3ccccc3)s2)cc1OC. The van der Waals surface area contributed by atoms with Gasteiger partial charge in [0.15, 0.2) is 11.5 Å². The molecule has 0 unspecified atom stereocenters. The van der Waals surface area contributed by atoms with Crippen molar-refractivity contribution in [3.05, 3.63) is 102 Å². The number of allylic oxidation sites excluding steroid dienone is 1. The lowest BCUT2D eigenvalue weighted by Gasteiger charge is -2.13. The van der Waals surface area contributed by atoms with Crippen LogP contribution in [0.15, 0.2) is 91.0 Å². The molecule has 0 spiro atoms. The number of benzene rings is 3. The van der Waals surface area contributed by atoms with E-state index >= 15 is 0 Å². The zero-order valence-corrected chi connectivity index (χ0v) is 22.1. The average Bonchev–Trinajstić information content (AvgIpc) is 3.44. The molecule has 1 aromatic heterocycles. The van der Waals surface area contributed by atoms with Crippen molar-refractivity contribution < 1.29 is 19.0 Å². The van der Waals surface area contributed by atoms with E-state index in [0.29, 0.717) is 40.4 Å². The average molecular weight is 539 g/mol. The van der Waals surface area contributed by atoms with Crippen molar-refractivity contribution in [3.8, 4) is 33.9 Å². The zero-order valence-electron chi connectivity index (χ0n) is 21.3. The van der Waals surface area contributed by atoms with E-state index in [9.17, 15) is 10.1 Å². The highest BCUT2D eigenvalue weighted by molar-refractivity contribution is 7.18. The Morgan fingerprint density at radius 3 is 2.49 bits per heavy atom. The molecule has 0 atom stereocenters. The van der Waals surface area contributed by atoms with Crippen LogP contribution in [-0.2, 0) is 11.2 Å². The van der Waals surface area contributed by atoms with Crippen molar-refractivity contribution in [3.63, 3.8) is 0 Å². The molecule has 3 aromatic carbocycles. The number of aromatic nitrogens is 2. The molecule has 9 heteroatoms. The number of methoxy groups -OCH3 is 1. The number of nitrogens with zero attached hydrogens (tertiary/aromatic N) is 3. The fourth-order valence-corrected chi connectivity index (χ4v) is 4.36. The fraction of sp³-hybridized carbons (Fsp3) is 0.133. The number of ether oxygens (including phenoxy) is 3. The second-order valence-electron chi connectivity index (χ2n) is 8.11. The number of nitriles is 1. The molecule has 0 aliphatic heterocycles. The highest BCUT2D eigenvalue weighted by Gasteiger charge is 2.14. The van der Waals surface area contributed by atoms with Crippen LogP contribution >= 0.6 is 11.3 Å². The first-order valence-corrected chi connectivity index (χ1v) is 12.9. The molecular formula is C30H26N4O4S. The van der Waals surface area contributed by atoms with Gasteiger partial charge in [0.25, 0.3) is 5.91 Å². The van der Waals surface area contributed by atoms with Gasteiger partial charge in [0.1, 0.15) is 35.6 Å². The summed E-state index contributed by atoms with van der Waals surface area (Å²) >= 11 is 1.23. The Morgan fingerprint density at radius 1 is 1.00 bits per heavy atom. The van der Waals surface area contributed by atoms with E-state index < -0.39 is 5.91 Å². The summed E-state index contributed by atoms with van der Waals surface area (Å²) in [7, 11) is 1.52. The van der Waals surface area contributed by atoms with Crippen LogP contribution in [0, 0.1) is 11.3 Å². The molecule has 0 bridgehead atoms. The second kappa shape index (κ2) is 13.6. The van der Waals surface area contributed by atoms with Crippen LogP contribution in [0.3, 0.4) is 0 Å². The molecule has 1 amide bonds. The first-order valence-electron chi connectivity index (χ1n) is 12.1. The molecule has 196 valence electrons. The Hall–Kier alpha value is -4.94. The molecule has 0 aliphatic rings. The number of para-hydroxylation sites is 1. The summed E-state index contributed by atoms with van der Waals surface area (Å²) in [5.74, 6) is 1.19. The van der Waals surface area contributed by atoms with Crippen molar-refractivity contribution in [2.45, 2.75) is 6.42 Å². The Kier molecular flexibility index (Phi) is 9.42. The van der Waals surface area contributed by atoms with E-state index in [0.717, 1.165) is 23.3 Å². The Morgan fingerprint density at radius 2 is 1.74 bits per heavy atom. The van der Waals surface area contributed by atoms with Crippen LogP contribution in [0.1, 0.15) is 11.1 Å². The van der Waals surface area contributed by atoms with E-state index in [4.69, 9.17) is 14.2 Å². The number of anilines is 1.